The number of nitrogens with zero attached hydrogens (tertiary/aromatic N) is 1. The van der Waals surface area contributed by atoms with Gasteiger partial charge in [0.15, 0.2) is 0 Å². The molecule has 0 saturated carbocycles. The molecule has 4 nitrogen and oxygen atoms in total. The second kappa shape index (κ2) is 6.58. The first-order chi connectivity index (χ1) is 10.1. The van der Waals surface area contributed by atoms with Crippen molar-refractivity contribution < 1.29 is 8.42 Å². The third-order valence-corrected chi connectivity index (χ3v) is 6.52. The fraction of sp³-hybridized carbons (Fsp3) is 0.333. The SMILES string of the molecule is C#CCN(CC)S(=O)(=O)c1c(CNC)sc2ccccc12. The molecule has 0 aliphatic rings. The summed E-state index contributed by atoms with van der Waals surface area (Å²) in [5.74, 6) is 2.42. The van der Waals surface area contributed by atoms with Crippen LogP contribution in [0.2, 0.25) is 0 Å². The van der Waals surface area contributed by atoms with Crippen molar-refractivity contribution >= 4 is 31.4 Å². The van der Waals surface area contributed by atoms with Crippen molar-refractivity contribution in [1.82, 2.24) is 9.62 Å². The molecule has 0 aliphatic heterocycles. The molecular weight excluding hydrogens is 304 g/mol. The molecule has 0 saturated heterocycles. The van der Waals surface area contributed by atoms with Crippen LogP contribution in [-0.2, 0) is 16.6 Å². The number of terminal acetylenes is 1. The average molecular weight is 322 g/mol. The zero-order valence-corrected chi connectivity index (χ0v) is 13.7. The van der Waals surface area contributed by atoms with Crippen molar-refractivity contribution in [3.8, 4) is 12.3 Å². The third-order valence-electron chi connectivity index (χ3n) is 3.17. The Bertz CT molecular complexity index is 773. The molecule has 0 radical (unpaired) electrons. The Labute approximate surface area is 129 Å². The van der Waals surface area contributed by atoms with E-state index in [1.54, 1.807) is 14.0 Å². The van der Waals surface area contributed by atoms with Crippen LogP contribution in [0.4, 0.5) is 0 Å². The zero-order valence-electron chi connectivity index (χ0n) is 12.1. The second-order valence-electron chi connectivity index (χ2n) is 4.52. The van der Waals surface area contributed by atoms with Crippen molar-refractivity contribution in [2.24, 2.45) is 0 Å². The van der Waals surface area contributed by atoms with E-state index in [1.165, 1.54) is 15.6 Å². The number of fused-ring (bicyclic) bond motifs is 1. The van der Waals surface area contributed by atoms with Gasteiger partial charge in [-0.15, -0.1) is 17.8 Å². The van der Waals surface area contributed by atoms with Gasteiger partial charge in [-0.25, -0.2) is 8.42 Å². The molecule has 1 N–H and O–H groups in total. The first-order valence-electron chi connectivity index (χ1n) is 6.64. The second-order valence-corrected chi connectivity index (χ2v) is 7.53. The lowest BCUT2D eigenvalue weighted by molar-refractivity contribution is 0.464. The van der Waals surface area contributed by atoms with Gasteiger partial charge in [0.1, 0.15) is 4.90 Å². The van der Waals surface area contributed by atoms with E-state index in [0.717, 1.165) is 15.0 Å². The molecule has 0 unspecified atom stereocenters. The number of thiophene rings is 1. The summed E-state index contributed by atoms with van der Waals surface area (Å²) in [5, 5.41) is 3.80. The predicted molar refractivity (Wildman–Crippen MR) is 87.9 cm³/mol. The van der Waals surface area contributed by atoms with Gasteiger partial charge in [0.2, 0.25) is 10.0 Å². The largest absolute Gasteiger partial charge is 0.315 e. The number of hydrogen-bond donors (Lipinski definition) is 1. The van der Waals surface area contributed by atoms with Gasteiger partial charge < -0.3 is 5.32 Å². The summed E-state index contributed by atoms with van der Waals surface area (Å²) in [4.78, 5) is 1.20. The van der Waals surface area contributed by atoms with Gasteiger partial charge in [0, 0.05) is 28.1 Å². The number of sulfonamides is 1. The van der Waals surface area contributed by atoms with Crippen LogP contribution in [0.25, 0.3) is 10.1 Å². The van der Waals surface area contributed by atoms with Crippen LogP contribution in [0.5, 0.6) is 0 Å². The lowest BCUT2D eigenvalue weighted by Gasteiger charge is -2.18. The molecule has 21 heavy (non-hydrogen) atoms. The van der Waals surface area contributed by atoms with Crippen molar-refractivity contribution in [2.75, 3.05) is 20.1 Å². The third kappa shape index (κ3) is 2.97. The molecule has 1 aromatic carbocycles. The number of nitrogens with one attached hydrogen (secondary N) is 1. The molecule has 0 amide bonds. The van der Waals surface area contributed by atoms with Gasteiger partial charge in [0.25, 0.3) is 0 Å². The van der Waals surface area contributed by atoms with Crippen molar-refractivity contribution in [3.63, 3.8) is 0 Å². The Morgan fingerprint density at radius 2 is 2.10 bits per heavy atom. The van der Waals surface area contributed by atoms with E-state index in [9.17, 15) is 8.42 Å². The molecule has 1 aromatic heterocycles. The van der Waals surface area contributed by atoms with Crippen molar-refractivity contribution in [3.05, 3.63) is 29.1 Å². The fourth-order valence-electron chi connectivity index (χ4n) is 2.23. The van der Waals surface area contributed by atoms with E-state index in [4.69, 9.17) is 6.42 Å². The maximum atomic E-state index is 12.9. The molecule has 0 aliphatic carbocycles. The van der Waals surface area contributed by atoms with Gasteiger partial charge in [-0.2, -0.15) is 4.31 Å². The van der Waals surface area contributed by atoms with E-state index >= 15 is 0 Å². The average Bonchev–Trinajstić information content (AvgIpc) is 2.83. The molecule has 0 fully saturated rings. The first kappa shape index (κ1) is 16.0. The Kier molecular flexibility index (Phi) is 5.01. The summed E-state index contributed by atoms with van der Waals surface area (Å²) in [7, 11) is -1.78. The molecule has 2 aromatic rings. The van der Waals surface area contributed by atoms with Crippen LogP contribution < -0.4 is 5.32 Å². The standard InChI is InChI=1S/C15H18N2O2S2/c1-4-10-17(5-2)21(18,19)15-12-8-6-7-9-13(12)20-14(15)11-16-3/h1,6-9,16H,5,10-11H2,2-3H3. The normalized spacial score (nSPS) is 11.9. The number of hydrogen-bond acceptors (Lipinski definition) is 4. The maximum Gasteiger partial charge on any atom is 0.245 e. The summed E-state index contributed by atoms with van der Waals surface area (Å²) in [6, 6.07) is 7.56. The first-order valence-corrected chi connectivity index (χ1v) is 8.90. The summed E-state index contributed by atoms with van der Waals surface area (Å²) < 4.78 is 28.2. The highest BCUT2D eigenvalue weighted by Gasteiger charge is 2.29. The minimum absolute atomic E-state index is 0.0853. The summed E-state index contributed by atoms with van der Waals surface area (Å²) in [5.41, 5.74) is 0. The van der Waals surface area contributed by atoms with Crippen LogP contribution in [0.1, 0.15) is 11.8 Å². The lowest BCUT2D eigenvalue weighted by atomic mass is 10.2. The Hall–Kier alpha value is -1.39. The molecular formula is C15H18N2O2S2. The van der Waals surface area contributed by atoms with Crippen LogP contribution in [-0.4, -0.2) is 32.9 Å². The number of rotatable bonds is 6. The Morgan fingerprint density at radius 1 is 1.38 bits per heavy atom. The quantitative estimate of drug-likeness (QED) is 0.830. The van der Waals surface area contributed by atoms with Crippen molar-refractivity contribution in [2.45, 2.75) is 18.4 Å². The van der Waals surface area contributed by atoms with Crippen LogP contribution >= 0.6 is 11.3 Å². The van der Waals surface area contributed by atoms with Gasteiger partial charge in [0.05, 0.1) is 6.54 Å². The van der Waals surface area contributed by atoms with E-state index < -0.39 is 10.0 Å². The zero-order chi connectivity index (χ0) is 15.5. The monoisotopic (exact) mass is 322 g/mol. The maximum absolute atomic E-state index is 12.9. The Balaban J connectivity index is 2.68. The summed E-state index contributed by atoms with van der Waals surface area (Å²) >= 11 is 1.50. The molecule has 6 heteroatoms. The molecule has 112 valence electrons. The van der Waals surface area contributed by atoms with Gasteiger partial charge in [-0.05, 0) is 13.1 Å². The molecule has 0 bridgehead atoms. The molecule has 0 atom stereocenters. The lowest BCUT2D eigenvalue weighted by Crippen LogP contribution is -2.31. The highest BCUT2D eigenvalue weighted by Crippen LogP contribution is 2.36. The fourth-order valence-corrected chi connectivity index (χ4v) is 5.51. The Morgan fingerprint density at radius 3 is 2.71 bits per heavy atom. The topological polar surface area (TPSA) is 49.4 Å². The summed E-state index contributed by atoms with van der Waals surface area (Å²) in [6.45, 7) is 2.75. The highest BCUT2D eigenvalue weighted by molar-refractivity contribution is 7.89. The minimum atomic E-state index is -3.59. The van der Waals surface area contributed by atoms with E-state index in [-0.39, 0.29) is 6.54 Å². The van der Waals surface area contributed by atoms with E-state index in [1.807, 2.05) is 24.3 Å². The minimum Gasteiger partial charge on any atom is -0.315 e. The smallest absolute Gasteiger partial charge is 0.245 e. The van der Waals surface area contributed by atoms with Crippen LogP contribution in [0.3, 0.4) is 0 Å². The van der Waals surface area contributed by atoms with Crippen molar-refractivity contribution in [1.29, 1.82) is 0 Å². The molecule has 2 rings (SSSR count). The van der Waals surface area contributed by atoms with Gasteiger partial charge in [-0.3, -0.25) is 0 Å². The highest BCUT2D eigenvalue weighted by atomic mass is 32.2. The van der Waals surface area contributed by atoms with Gasteiger partial charge in [-0.1, -0.05) is 31.0 Å². The molecule has 1 heterocycles. The molecule has 0 spiro atoms. The van der Waals surface area contributed by atoms with Crippen LogP contribution in [0.15, 0.2) is 29.2 Å². The van der Waals surface area contributed by atoms with Crippen LogP contribution in [0, 0.1) is 12.3 Å². The number of benzene rings is 1. The summed E-state index contributed by atoms with van der Waals surface area (Å²) in [6.07, 6.45) is 5.30. The van der Waals surface area contributed by atoms with Gasteiger partial charge >= 0.3 is 0 Å². The van der Waals surface area contributed by atoms with E-state index in [0.29, 0.717) is 18.0 Å². The van der Waals surface area contributed by atoms with E-state index in [2.05, 4.69) is 11.2 Å². The predicted octanol–water partition coefficient (Wildman–Crippen LogP) is 2.26.